The summed E-state index contributed by atoms with van der Waals surface area (Å²) in [6, 6.07) is 0. The summed E-state index contributed by atoms with van der Waals surface area (Å²) in [6.45, 7) is 4.13. The van der Waals surface area contributed by atoms with Gasteiger partial charge in [0.2, 0.25) is 5.91 Å². The van der Waals surface area contributed by atoms with E-state index in [1.807, 2.05) is 6.92 Å². The van der Waals surface area contributed by atoms with E-state index in [0.29, 0.717) is 32.8 Å². The van der Waals surface area contributed by atoms with E-state index < -0.39 is 0 Å². The predicted molar refractivity (Wildman–Crippen MR) is 46.0 cm³/mol. The van der Waals surface area contributed by atoms with Gasteiger partial charge in [-0.1, -0.05) is 6.92 Å². The van der Waals surface area contributed by atoms with Crippen molar-refractivity contribution in [1.29, 1.82) is 0 Å². The molecule has 4 heteroatoms. The Kier molecular flexibility index (Phi) is 8.05. The van der Waals surface area contributed by atoms with E-state index >= 15 is 0 Å². The molecule has 72 valence electrons. The van der Waals surface area contributed by atoms with Crippen LogP contribution in [0.1, 0.15) is 13.3 Å². The Morgan fingerprint density at radius 3 is 2.67 bits per heavy atom. The molecule has 0 fully saturated rings. The third-order valence-corrected chi connectivity index (χ3v) is 1.32. The molecular weight excluding hydrogens is 158 g/mol. The van der Waals surface area contributed by atoms with Gasteiger partial charge in [0.25, 0.3) is 0 Å². The van der Waals surface area contributed by atoms with Crippen LogP contribution in [0.4, 0.5) is 0 Å². The van der Waals surface area contributed by atoms with E-state index in [4.69, 9.17) is 9.47 Å². The van der Waals surface area contributed by atoms with Crippen molar-refractivity contribution >= 4 is 5.91 Å². The molecule has 0 aromatic rings. The van der Waals surface area contributed by atoms with E-state index in [1.54, 1.807) is 7.11 Å². The normalized spacial score (nSPS) is 9.83. The van der Waals surface area contributed by atoms with E-state index in [0.717, 1.165) is 0 Å². The van der Waals surface area contributed by atoms with Gasteiger partial charge in [-0.15, -0.1) is 0 Å². The Morgan fingerprint density at radius 1 is 1.33 bits per heavy atom. The molecule has 0 aromatic heterocycles. The maximum atomic E-state index is 10.7. The molecule has 4 nitrogen and oxygen atoms in total. The summed E-state index contributed by atoms with van der Waals surface area (Å²) >= 11 is 0. The summed E-state index contributed by atoms with van der Waals surface area (Å²) in [5, 5.41) is 2.70. The SMILES string of the molecule is CCC(=O)NCCOCCOC. The minimum atomic E-state index is 0.0605. The molecule has 0 unspecified atom stereocenters. The number of nitrogens with one attached hydrogen (secondary N) is 1. The van der Waals surface area contributed by atoms with E-state index in [-0.39, 0.29) is 5.91 Å². The Bertz CT molecular complexity index is 117. The van der Waals surface area contributed by atoms with Crippen molar-refractivity contribution in [2.45, 2.75) is 13.3 Å². The molecule has 0 aliphatic heterocycles. The van der Waals surface area contributed by atoms with E-state index in [1.165, 1.54) is 0 Å². The minimum absolute atomic E-state index is 0.0605. The van der Waals surface area contributed by atoms with Crippen LogP contribution in [0.25, 0.3) is 0 Å². The fraction of sp³-hybridized carbons (Fsp3) is 0.875. The van der Waals surface area contributed by atoms with Crippen molar-refractivity contribution in [2.24, 2.45) is 0 Å². The van der Waals surface area contributed by atoms with E-state index in [9.17, 15) is 4.79 Å². The molecule has 0 saturated heterocycles. The second-order valence-corrected chi connectivity index (χ2v) is 2.31. The minimum Gasteiger partial charge on any atom is -0.382 e. The smallest absolute Gasteiger partial charge is 0.219 e. The summed E-state index contributed by atoms with van der Waals surface area (Å²) < 4.78 is 9.91. The van der Waals surface area contributed by atoms with Crippen LogP contribution in [0.15, 0.2) is 0 Å². The number of rotatable bonds is 7. The first-order valence-corrected chi connectivity index (χ1v) is 4.14. The van der Waals surface area contributed by atoms with Gasteiger partial charge in [0.05, 0.1) is 19.8 Å². The van der Waals surface area contributed by atoms with Crippen molar-refractivity contribution in [3.63, 3.8) is 0 Å². The summed E-state index contributed by atoms with van der Waals surface area (Å²) in [5.74, 6) is 0.0605. The summed E-state index contributed by atoms with van der Waals surface area (Å²) in [4.78, 5) is 10.7. The zero-order chi connectivity index (χ0) is 9.23. The van der Waals surface area contributed by atoms with Crippen LogP contribution in [0.2, 0.25) is 0 Å². The van der Waals surface area contributed by atoms with Crippen molar-refractivity contribution in [2.75, 3.05) is 33.5 Å². The van der Waals surface area contributed by atoms with Gasteiger partial charge in [0.1, 0.15) is 0 Å². The molecule has 0 aromatic carbocycles. The standard InChI is InChI=1S/C8H17NO3/c1-3-8(10)9-4-5-12-7-6-11-2/h3-7H2,1-2H3,(H,9,10). The lowest BCUT2D eigenvalue weighted by Gasteiger charge is -2.04. The Balaban J connectivity index is 2.95. The monoisotopic (exact) mass is 175 g/mol. The van der Waals surface area contributed by atoms with Gasteiger partial charge in [-0.25, -0.2) is 0 Å². The van der Waals surface area contributed by atoms with Gasteiger partial charge in [0, 0.05) is 20.1 Å². The fourth-order valence-electron chi connectivity index (χ4n) is 0.632. The first-order chi connectivity index (χ1) is 5.81. The molecular formula is C8H17NO3. The van der Waals surface area contributed by atoms with Gasteiger partial charge < -0.3 is 14.8 Å². The molecule has 0 aliphatic carbocycles. The molecule has 0 radical (unpaired) electrons. The Hall–Kier alpha value is -0.610. The van der Waals surface area contributed by atoms with Crippen molar-refractivity contribution in [3.8, 4) is 0 Å². The second kappa shape index (κ2) is 8.49. The first kappa shape index (κ1) is 11.4. The topological polar surface area (TPSA) is 47.6 Å². The van der Waals surface area contributed by atoms with Crippen LogP contribution in [0, 0.1) is 0 Å². The van der Waals surface area contributed by atoms with Crippen LogP contribution in [0.5, 0.6) is 0 Å². The number of hydrogen-bond donors (Lipinski definition) is 1. The molecule has 0 bridgehead atoms. The Labute approximate surface area is 73.2 Å². The molecule has 12 heavy (non-hydrogen) atoms. The molecule has 0 spiro atoms. The third kappa shape index (κ3) is 7.50. The molecule has 0 atom stereocenters. The first-order valence-electron chi connectivity index (χ1n) is 4.14. The van der Waals surface area contributed by atoms with Gasteiger partial charge in [-0.3, -0.25) is 4.79 Å². The average molecular weight is 175 g/mol. The fourth-order valence-corrected chi connectivity index (χ4v) is 0.632. The quantitative estimate of drug-likeness (QED) is 0.561. The van der Waals surface area contributed by atoms with Gasteiger partial charge in [-0.05, 0) is 0 Å². The number of methoxy groups -OCH3 is 1. The van der Waals surface area contributed by atoms with Crippen molar-refractivity contribution < 1.29 is 14.3 Å². The summed E-state index contributed by atoms with van der Waals surface area (Å²) in [6.07, 6.45) is 0.526. The maximum absolute atomic E-state index is 10.7. The van der Waals surface area contributed by atoms with Crippen LogP contribution < -0.4 is 5.32 Å². The highest BCUT2D eigenvalue weighted by atomic mass is 16.5. The van der Waals surface area contributed by atoms with Gasteiger partial charge in [-0.2, -0.15) is 0 Å². The number of amides is 1. The van der Waals surface area contributed by atoms with Crippen molar-refractivity contribution in [3.05, 3.63) is 0 Å². The molecule has 1 amide bonds. The Morgan fingerprint density at radius 2 is 2.08 bits per heavy atom. The highest BCUT2D eigenvalue weighted by molar-refractivity contribution is 5.75. The number of hydrogen-bond acceptors (Lipinski definition) is 3. The van der Waals surface area contributed by atoms with Crippen LogP contribution in [0.3, 0.4) is 0 Å². The van der Waals surface area contributed by atoms with Crippen LogP contribution in [-0.2, 0) is 14.3 Å². The molecule has 0 saturated carbocycles. The average Bonchev–Trinajstić information content (AvgIpc) is 2.10. The van der Waals surface area contributed by atoms with Crippen molar-refractivity contribution in [1.82, 2.24) is 5.32 Å². The lowest BCUT2D eigenvalue weighted by atomic mass is 10.4. The highest BCUT2D eigenvalue weighted by Crippen LogP contribution is 1.77. The summed E-state index contributed by atoms with van der Waals surface area (Å²) in [7, 11) is 1.63. The summed E-state index contributed by atoms with van der Waals surface area (Å²) in [5.41, 5.74) is 0. The highest BCUT2D eigenvalue weighted by Gasteiger charge is 1.94. The third-order valence-electron chi connectivity index (χ3n) is 1.32. The van der Waals surface area contributed by atoms with Crippen LogP contribution >= 0.6 is 0 Å². The van der Waals surface area contributed by atoms with E-state index in [2.05, 4.69) is 5.32 Å². The number of ether oxygens (including phenoxy) is 2. The molecule has 0 rings (SSSR count). The van der Waals surface area contributed by atoms with Crippen LogP contribution in [-0.4, -0.2) is 39.4 Å². The number of carbonyl (C=O) groups is 1. The number of carbonyl (C=O) groups excluding carboxylic acids is 1. The zero-order valence-corrected chi connectivity index (χ0v) is 7.76. The zero-order valence-electron chi connectivity index (χ0n) is 7.76. The molecule has 1 N–H and O–H groups in total. The lowest BCUT2D eigenvalue weighted by molar-refractivity contribution is -0.121. The molecule has 0 heterocycles. The van der Waals surface area contributed by atoms with Gasteiger partial charge in [0.15, 0.2) is 0 Å². The molecule has 0 aliphatic rings. The largest absolute Gasteiger partial charge is 0.382 e. The maximum Gasteiger partial charge on any atom is 0.219 e. The predicted octanol–water partition coefficient (Wildman–Crippen LogP) is 0.176. The lowest BCUT2D eigenvalue weighted by Crippen LogP contribution is -2.26. The van der Waals surface area contributed by atoms with Gasteiger partial charge >= 0.3 is 0 Å². The second-order valence-electron chi connectivity index (χ2n) is 2.31.